The van der Waals surface area contributed by atoms with Crippen molar-refractivity contribution in [1.29, 1.82) is 0 Å². The second-order valence-electron chi connectivity index (χ2n) is 16.2. The van der Waals surface area contributed by atoms with Gasteiger partial charge in [0.25, 0.3) is 0 Å². The average molecular weight is 778 g/mol. The van der Waals surface area contributed by atoms with Gasteiger partial charge in [-0.1, -0.05) is 218 Å². The summed E-state index contributed by atoms with van der Waals surface area (Å²) in [6, 6.07) is 88.7. The van der Waals surface area contributed by atoms with Gasteiger partial charge in [0.05, 0.1) is 11.4 Å². The van der Waals surface area contributed by atoms with Crippen LogP contribution in [-0.2, 0) is 5.41 Å². The lowest BCUT2D eigenvalue weighted by molar-refractivity contribution is 0.714. The highest BCUT2D eigenvalue weighted by molar-refractivity contribution is 6.00. The minimum Gasteiger partial charge on any atom is -0.309 e. The molecule has 288 valence electrons. The van der Waals surface area contributed by atoms with Crippen LogP contribution in [0.3, 0.4) is 0 Å². The Morgan fingerprint density at radius 2 is 0.803 bits per heavy atom. The fraction of sp³-hybridized carbons (Fsp3) is 0.0333. The molecule has 0 N–H and O–H groups in total. The fourth-order valence-electron chi connectivity index (χ4n) is 9.80. The van der Waals surface area contributed by atoms with E-state index in [9.17, 15) is 0 Å². The molecule has 0 fully saturated rings. The molecule has 10 aromatic carbocycles. The molecule has 1 heteroatoms. The summed E-state index contributed by atoms with van der Waals surface area (Å²) < 4.78 is 0. The van der Waals surface area contributed by atoms with Gasteiger partial charge in [-0.15, -0.1) is 0 Å². The number of anilines is 3. The maximum Gasteiger partial charge on any atom is 0.0543 e. The van der Waals surface area contributed by atoms with Gasteiger partial charge < -0.3 is 4.90 Å². The molecule has 1 aliphatic rings. The third-order valence-corrected chi connectivity index (χ3v) is 12.8. The highest BCUT2D eigenvalue weighted by Crippen LogP contribution is 2.57. The Morgan fingerprint density at radius 1 is 0.311 bits per heavy atom. The van der Waals surface area contributed by atoms with Gasteiger partial charge >= 0.3 is 0 Å². The van der Waals surface area contributed by atoms with Crippen molar-refractivity contribution in [2.45, 2.75) is 12.3 Å². The highest BCUT2D eigenvalue weighted by Gasteiger charge is 2.42. The van der Waals surface area contributed by atoms with Crippen LogP contribution in [0.15, 0.2) is 243 Å². The van der Waals surface area contributed by atoms with Gasteiger partial charge in [-0.2, -0.15) is 0 Å². The van der Waals surface area contributed by atoms with Crippen molar-refractivity contribution in [3.05, 3.63) is 259 Å². The Kier molecular flexibility index (Phi) is 9.02. The molecule has 1 aliphatic carbocycles. The molecule has 61 heavy (non-hydrogen) atoms. The normalized spacial score (nSPS) is 14.0. The molecule has 0 amide bonds. The lowest BCUT2D eigenvalue weighted by atomic mass is 9.74. The van der Waals surface area contributed by atoms with E-state index in [0.717, 1.165) is 17.1 Å². The second kappa shape index (κ2) is 15.1. The first-order chi connectivity index (χ1) is 30.2. The third-order valence-electron chi connectivity index (χ3n) is 12.8. The summed E-state index contributed by atoms with van der Waals surface area (Å²) >= 11 is 0. The molecule has 0 bridgehead atoms. The van der Waals surface area contributed by atoms with E-state index in [2.05, 4.69) is 254 Å². The number of rotatable bonds is 8. The predicted octanol–water partition coefficient (Wildman–Crippen LogP) is 16.3. The molecule has 0 radical (unpaired) electrons. The van der Waals surface area contributed by atoms with Crippen molar-refractivity contribution in [3.8, 4) is 55.6 Å². The smallest absolute Gasteiger partial charge is 0.0543 e. The van der Waals surface area contributed by atoms with Crippen molar-refractivity contribution in [2.24, 2.45) is 0 Å². The summed E-state index contributed by atoms with van der Waals surface area (Å²) in [6.45, 7) is 2.39. The highest BCUT2D eigenvalue weighted by atomic mass is 15.1. The molecule has 0 aromatic heterocycles. The Hall–Kier alpha value is -7.74. The topological polar surface area (TPSA) is 3.24 Å². The minimum atomic E-state index is -0.323. The second-order valence-corrected chi connectivity index (χ2v) is 16.2. The van der Waals surface area contributed by atoms with Crippen LogP contribution >= 0.6 is 0 Å². The largest absolute Gasteiger partial charge is 0.309 e. The first-order valence-corrected chi connectivity index (χ1v) is 21.2. The molecule has 1 unspecified atom stereocenters. The van der Waals surface area contributed by atoms with Gasteiger partial charge in [0, 0.05) is 22.2 Å². The van der Waals surface area contributed by atoms with E-state index in [1.165, 1.54) is 83.1 Å². The molecular weight excluding hydrogens is 735 g/mol. The molecule has 0 saturated heterocycles. The SMILES string of the molecule is CC1(c2ccccc2)c2ccccc2-c2c(N(c3ccc(-c4ccc(-c5cccc6ccccc56)cc4)cc3)c3ccccc3-c3ccccc3-c3ccccc3)cccc21. The van der Waals surface area contributed by atoms with Gasteiger partial charge in [-0.05, 0) is 103 Å². The van der Waals surface area contributed by atoms with E-state index >= 15 is 0 Å². The maximum atomic E-state index is 2.50. The zero-order valence-corrected chi connectivity index (χ0v) is 34.0. The van der Waals surface area contributed by atoms with Gasteiger partial charge in [0.1, 0.15) is 0 Å². The predicted molar refractivity (Wildman–Crippen MR) is 258 cm³/mol. The number of fused-ring (bicyclic) bond motifs is 4. The Balaban J connectivity index is 1.08. The average Bonchev–Trinajstić information content (AvgIpc) is 3.61. The van der Waals surface area contributed by atoms with Crippen LogP contribution in [0, 0.1) is 0 Å². The van der Waals surface area contributed by atoms with Crippen LogP contribution in [0.1, 0.15) is 23.6 Å². The summed E-state index contributed by atoms with van der Waals surface area (Å²) in [5, 5.41) is 2.53. The number of hydrogen-bond acceptors (Lipinski definition) is 1. The summed E-state index contributed by atoms with van der Waals surface area (Å²) in [7, 11) is 0. The van der Waals surface area contributed by atoms with Gasteiger partial charge in [-0.3, -0.25) is 0 Å². The zero-order valence-electron chi connectivity index (χ0n) is 34.0. The van der Waals surface area contributed by atoms with Crippen LogP contribution in [-0.4, -0.2) is 0 Å². The van der Waals surface area contributed by atoms with Gasteiger partial charge in [0.2, 0.25) is 0 Å². The van der Waals surface area contributed by atoms with E-state index in [1.807, 2.05) is 0 Å². The van der Waals surface area contributed by atoms with Crippen LogP contribution < -0.4 is 4.90 Å². The van der Waals surface area contributed by atoms with E-state index in [0.29, 0.717) is 0 Å². The van der Waals surface area contributed by atoms with Crippen molar-refractivity contribution in [1.82, 2.24) is 0 Å². The molecule has 1 nitrogen and oxygen atoms in total. The van der Waals surface area contributed by atoms with Crippen LogP contribution in [0.2, 0.25) is 0 Å². The monoisotopic (exact) mass is 777 g/mol. The number of para-hydroxylation sites is 1. The summed E-state index contributed by atoms with van der Waals surface area (Å²) in [4.78, 5) is 2.50. The molecule has 0 heterocycles. The first kappa shape index (κ1) is 36.3. The third kappa shape index (κ3) is 6.17. The van der Waals surface area contributed by atoms with Crippen molar-refractivity contribution in [2.75, 3.05) is 4.90 Å². The number of hydrogen-bond donors (Lipinski definition) is 0. The van der Waals surface area contributed by atoms with E-state index in [4.69, 9.17) is 0 Å². The molecule has 0 aliphatic heterocycles. The van der Waals surface area contributed by atoms with Crippen LogP contribution in [0.4, 0.5) is 17.1 Å². The first-order valence-electron chi connectivity index (χ1n) is 21.2. The standard InChI is InChI=1S/C60H43N/c1-60(47-22-6-3-7-23-47)55-30-14-12-28-54(55)59-56(60)31-17-33-58(59)61(57-32-15-13-27-53(57)52-26-11-10-25-51(52)44-18-4-2-5-19-44)48-40-38-43(39-41-48)42-34-36-46(37-35-42)50-29-16-21-45-20-8-9-24-49(45)50/h2-41H,1H3. The van der Waals surface area contributed by atoms with E-state index < -0.39 is 0 Å². The molecule has 11 rings (SSSR count). The van der Waals surface area contributed by atoms with Crippen LogP contribution in [0.25, 0.3) is 66.4 Å². The van der Waals surface area contributed by atoms with Gasteiger partial charge in [-0.25, -0.2) is 0 Å². The quantitative estimate of drug-likeness (QED) is 0.149. The van der Waals surface area contributed by atoms with E-state index in [1.54, 1.807) is 0 Å². The molecule has 0 saturated carbocycles. The van der Waals surface area contributed by atoms with Crippen molar-refractivity contribution < 1.29 is 0 Å². The van der Waals surface area contributed by atoms with Crippen molar-refractivity contribution >= 4 is 27.8 Å². The van der Waals surface area contributed by atoms with Crippen molar-refractivity contribution in [3.63, 3.8) is 0 Å². The fourth-order valence-corrected chi connectivity index (χ4v) is 9.80. The molecule has 10 aromatic rings. The Morgan fingerprint density at radius 3 is 1.57 bits per heavy atom. The maximum absolute atomic E-state index is 2.50. The zero-order chi connectivity index (χ0) is 40.8. The molecule has 1 atom stereocenters. The van der Waals surface area contributed by atoms with Gasteiger partial charge in [0.15, 0.2) is 0 Å². The summed E-state index contributed by atoms with van der Waals surface area (Å²) in [6.07, 6.45) is 0. The van der Waals surface area contributed by atoms with E-state index in [-0.39, 0.29) is 5.41 Å². The Labute approximate surface area is 358 Å². The van der Waals surface area contributed by atoms with Crippen LogP contribution in [0.5, 0.6) is 0 Å². The lowest BCUT2D eigenvalue weighted by Gasteiger charge is -2.32. The summed E-state index contributed by atoms with van der Waals surface area (Å²) in [5.74, 6) is 0. The molecule has 0 spiro atoms. The lowest BCUT2D eigenvalue weighted by Crippen LogP contribution is -2.22. The number of nitrogens with zero attached hydrogens (tertiary/aromatic N) is 1. The summed E-state index contributed by atoms with van der Waals surface area (Å²) in [5.41, 5.74) is 19.1. The minimum absolute atomic E-state index is 0.323. The Bertz CT molecular complexity index is 3180. The number of benzene rings is 10. The molecular formula is C60H43N.